The van der Waals surface area contributed by atoms with Gasteiger partial charge in [0.2, 0.25) is 0 Å². The molecule has 1 atom stereocenters. The number of carbonyl (C=O) groups excluding carboxylic acids is 1. The molecule has 4 rings (SSSR count). The standard InChI is InChI=1S/C23H25N3O2/c1-5-10-26-21(16-8-6-13(2)7-9-16)18-19(24-25-20(18)23(26)28)17-12-14(3)11-15(4)22(17)27/h6-9,11-12,21,27H,5,10H2,1-4H3,(H,24,25). The van der Waals surface area contributed by atoms with Crippen molar-refractivity contribution in [1.82, 2.24) is 15.1 Å². The Morgan fingerprint density at radius 2 is 1.82 bits per heavy atom. The van der Waals surface area contributed by atoms with E-state index in [9.17, 15) is 9.90 Å². The van der Waals surface area contributed by atoms with Crippen molar-refractivity contribution in [3.05, 3.63) is 69.9 Å². The van der Waals surface area contributed by atoms with Gasteiger partial charge in [-0.05, 0) is 49.9 Å². The first-order valence-corrected chi connectivity index (χ1v) is 9.68. The quantitative estimate of drug-likeness (QED) is 0.697. The predicted octanol–water partition coefficient (Wildman–Crippen LogP) is 4.66. The van der Waals surface area contributed by atoms with Crippen LogP contribution in [-0.2, 0) is 0 Å². The minimum Gasteiger partial charge on any atom is -0.507 e. The molecule has 2 aromatic carbocycles. The van der Waals surface area contributed by atoms with Gasteiger partial charge in [-0.25, -0.2) is 0 Å². The van der Waals surface area contributed by atoms with Crippen LogP contribution >= 0.6 is 0 Å². The van der Waals surface area contributed by atoms with Crippen molar-refractivity contribution >= 4 is 5.91 Å². The van der Waals surface area contributed by atoms with E-state index in [-0.39, 0.29) is 17.7 Å². The highest BCUT2D eigenvalue weighted by molar-refractivity contribution is 6.00. The average molecular weight is 375 g/mol. The molecular weight excluding hydrogens is 350 g/mol. The van der Waals surface area contributed by atoms with E-state index >= 15 is 0 Å². The summed E-state index contributed by atoms with van der Waals surface area (Å²) in [6.07, 6.45) is 0.871. The van der Waals surface area contributed by atoms with Crippen LogP contribution in [0.2, 0.25) is 0 Å². The van der Waals surface area contributed by atoms with E-state index < -0.39 is 0 Å². The highest BCUT2D eigenvalue weighted by Crippen LogP contribution is 2.45. The monoisotopic (exact) mass is 375 g/mol. The Labute approximate surface area is 165 Å². The molecule has 144 valence electrons. The number of aromatic amines is 1. The summed E-state index contributed by atoms with van der Waals surface area (Å²) in [5, 5.41) is 18.1. The molecule has 0 saturated heterocycles. The lowest BCUT2D eigenvalue weighted by molar-refractivity contribution is 0.0744. The van der Waals surface area contributed by atoms with Crippen LogP contribution in [0, 0.1) is 20.8 Å². The lowest BCUT2D eigenvalue weighted by atomic mass is 9.93. The van der Waals surface area contributed by atoms with Crippen LogP contribution in [0.3, 0.4) is 0 Å². The van der Waals surface area contributed by atoms with Gasteiger partial charge in [-0.2, -0.15) is 5.10 Å². The summed E-state index contributed by atoms with van der Waals surface area (Å²) < 4.78 is 0. The van der Waals surface area contributed by atoms with Crippen LogP contribution in [0.4, 0.5) is 0 Å². The number of fused-ring (bicyclic) bond motifs is 1. The van der Waals surface area contributed by atoms with Crippen molar-refractivity contribution in [2.45, 2.75) is 40.2 Å². The first kappa shape index (κ1) is 18.3. The number of hydrogen-bond acceptors (Lipinski definition) is 3. The molecule has 0 radical (unpaired) electrons. The second-order valence-electron chi connectivity index (χ2n) is 7.65. The van der Waals surface area contributed by atoms with Crippen LogP contribution in [0.1, 0.15) is 57.7 Å². The average Bonchev–Trinajstić information content (AvgIpc) is 3.19. The highest BCUT2D eigenvalue weighted by atomic mass is 16.3. The van der Waals surface area contributed by atoms with Gasteiger partial charge in [0.25, 0.3) is 5.91 Å². The van der Waals surface area contributed by atoms with Crippen LogP contribution in [0.5, 0.6) is 5.75 Å². The molecule has 5 heteroatoms. The van der Waals surface area contributed by atoms with Gasteiger partial charge in [-0.15, -0.1) is 0 Å². The topological polar surface area (TPSA) is 69.2 Å². The van der Waals surface area contributed by atoms with E-state index in [4.69, 9.17) is 0 Å². The fourth-order valence-electron chi connectivity index (χ4n) is 4.11. The molecule has 3 aromatic rings. The largest absolute Gasteiger partial charge is 0.507 e. The molecule has 0 saturated carbocycles. The van der Waals surface area contributed by atoms with Crippen LogP contribution < -0.4 is 0 Å². The first-order chi connectivity index (χ1) is 13.4. The number of benzene rings is 2. The number of phenols is 1. The van der Waals surface area contributed by atoms with Gasteiger partial charge in [0.05, 0.1) is 6.04 Å². The minimum atomic E-state index is -0.211. The molecule has 2 heterocycles. The number of H-pyrrole nitrogens is 1. The van der Waals surface area contributed by atoms with E-state index in [1.54, 1.807) is 0 Å². The normalized spacial score (nSPS) is 15.9. The third kappa shape index (κ3) is 2.78. The second kappa shape index (κ2) is 6.82. The van der Waals surface area contributed by atoms with Gasteiger partial charge in [0.1, 0.15) is 17.1 Å². The Kier molecular flexibility index (Phi) is 4.46. The zero-order valence-electron chi connectivity index (χ0n) is 16.7. The molecule has 0 fully saturated rings. The van der Waals surface area contributed by atoms with E-state index in [0.717, 1.165) is 28.7 Å². The van der Waals surface area contributed by atoms with Crippen molar-refractivity contribution in [1.29, 1.82) is 0 Å². The molecular formula is C23H25N3O2. The molecule has 28 heavy (non-hydrogen) atoms. The zero-order valence-corrected chi connectivity index (χ0v) is 16.7. The van der Waals surface area contributed by atoms with Crippen LogP contribution in [0.25, 0.3) is 11.3 Å². The van der Waals surface area contributed by atoms with Crippen molar-refractivity contribution in [2.24, 2.45) is 0 Å². The molecule has 0 aliphatic carbocycles. The summed E-state index contributed by atoms with van der Waals surface area (Å²) in [5.74, 6) is 0.175. The maximum atomic E-state index is 13.1. The Bertz CT molecular complexity index is 1050. The predicted molar refractivity (Wildman–Crippen MR) is 110 cm³/mol. The van der Waals surface area contributed by atoms with Gasteiger partial charge >= 0.3 is 0 Å². The molecule has 2 N–H and O–H groups in total. The van der Waals surface area contributed by atoms with E-state index in [2.05, 4.69) is 48.3 Å². The molecule has 1 aliphatic heterocycles. The number of aryl methyl sites for hydroxylation is 3. The van der Waals surface area contributed by atoms with Crippen LogP contribution in [0.15, 0.2) is 36.4 Å². The molecule has 0 spiro atoms. The lowest BCUT2D eigenvalue weighted by Gasteiger charge is -2.26. The summed E-state index contributed by atoms with van der Waals surface area (Å²) in [4.78, 5) is 15.0. The summed E-state index contributed by atoms with van der Waals surface area (Å²) in [7, 11) is 0. The summed E-state index contributed by atoms with van der Waals surface area (Å²) in [5.41, 5.74) is 6.76. The number of phenolic OH excluding ortho intramolecular Hbond substituents is 1. The SMILES string of the molecule is CCCN1C(=O)c2[nH]nc(-c3cc(C)cc(C)c3O)c2C1c1ccc(C)cc1. The highest BCUT2D eigenvalue weighted by Gasteiger charge is 2.42. The van der Waals surface area contributed by atoms with E-state index in [0.29, 0.717) is 23.5 Å². The van der Waals surface area contributed by atoms with E-state index in [1.165, 1.54) is 5.56 Å². The first-order valence-electron chi connectivity index (χ1n) is 9.68. The minimum absolute atomic E-state index is 0.0370. The molecule has 1 unspecified atom stereocenters. The van der Waals surface area contributed by atoms with Crippen molar-refractivity contribution in [3.8, 4) is 17.0 Å². The molecule has 1 aromatic heterocycles. The number of amides is 1. The van der Waals surface area contributed by atoms with Gasteiger partial charge in [0.15, 0.2) is 0 Å². The fourth-order valence-corrected chi connectivity index (χ4v) is 4.11. The number of rotatable bonds is 4. The van der Waals surface area contributed by atoms with E-state index in [1.807, 2.05) is 30.9 Å². The van der Waals surface area contributed by atoms with Crippen molar-refractivity contribution < 1.29 is 9.90 Å². The third-order valence-corrected chi connectivity index (χ3v) is 5.42. The summed E-state index contributed by atoms with van der Waals surface area (Å²) in [6, 6.07) is 11.9. The van der Waals surface area contributed by atoms with Gasteiger partial charge < -0.3 is 10.0 Å². The molecule has 5 nitrogen and oxygen atoms in total. The number of aromatic hydroxyl groups is 1. The third-order valence-electron chi connectivity index (χ3n) is 5.42. The number of hydrogen-bond donors (Lipinski definition) is 2. The summed E-state index contributed by atoms with van der Waals surface area (Å²) in [6.45, 7) is 8.66. The summed E-state index contributed by atoms with van der Waals surface area (Å²) >= 11 is 0. The molecule has 0 bridgehead atoms. The number of nitrogens with one attached hydrogen (secondary N) is 1. The Morgan fingerprint density at radius 1 is 1.11 bits per heavy atom. The van der Waals surface area contributed by atoms with Gasteiger partial charge in [0, 0.05) is 17.7 Å². The fraction of sp³-hybridized carbons (Fsp3) is 0.304. The number of aromatic nitrogens is 2. The zero-order chi connectivity index (χ0) is 20.0. The molecule has 1 amide bonds. The number of nitrogens with zero attached hydrogens (tertiary/aromatic N) is 2. The maximum absolute atomic E-state index is 13.1. The lowest BCUT2D eigenvalue weighted by Crippen LogP contribution is -2.30. The Balaban J connectivity index is 1.94. The number of carbonyl (C=O) groups is 1. The van der Waals surface area contributed by atoms with Gasteiger partial charge in [-0.3, -0.25) is 9.89 Å². The second-order valence-corrected chi connectivity index (χ2v) is 7.65. The Hall–Kier alpha value is -3.08. The maximum Gasteiger partial charge on any atom is 0.273 e. The van der Waals surface area contributed by atoms with Crippen LogP contribution in [-0.4, -0.2) is 32.7 Å². The van der Waals surface area contributed by atoms with Crippen molar-refractivity contribution in [2.75, 3.05) is 6.54 Å². The smallest absolute Gasteiger partial charge is 0.273 e. The van der Waals surface area contributed by atoms with Crippen molar-refractivity contribution in [3.63, 3.8) is 0 Å². The van der Waals surface area contributed by atoms with Gasteiger partial charge in [-0.1, -0.05) is 42.8 Å². The molecule has 1 aliphatic rings. The Morgan fingerprint density at radius 3 is 2.50 bits per heavy atom.